The number of carboxylic acid groups (broad SMARTS) is 1. The van der Waals surface area contributed by atoms with Gasteiger partial charge in [0.1, 0.15) is 19.0 Å². The maximum absolute atomic E-state index is 12.9. The Morgan fingerprint density at radius 2 is 1.72 bits per heavy atom. The van der Waals surface area contributed by atoms with E-state index in [0.717, 1.165) is 12.0 Å². The lowest BCUT2D eigenvalue weighted by atomic mass is 10.2. The van der Waals surface area contributed by atoms with Crippen LogP contribution in [0.3, 0.4) is 0 Å². The fourth-order valence-electron chi connectivity index (χ4n) is 3.79. The van der Waals surface area contributed by atoms with Crippen molar-refractivity contribution in [1.29, 1.82) is 0 Å². The number of aliphatic carboxylic acids is 1. The molecule has 1 saturated heterocycles. The summed E-state index contributed by atoms with van der Waals surface area (Å²) in [5.74, 6) is -1.26. The molecule has 0 radical (unpaired) electrons. The minimum Gasteiger partial charge on any atom is -0.480 e. The van der Waals surface area contributed by atoms with Gasteiger partial charge in [0.05, 0.1) is 12.3 Å². The first kappa shape index (κ1) is 29.4. The van der Waals surface area contributed by atoms with E-state index in [-0.39, 0.29) is 25.7 Å². The van der Waals surface area contributed by atoms with E-state index in [1.54, 1.807) is 34.1 Å². The highest BCUT2D eigenvalue weighted by Crippen LogP contribution is 2.09. The second-order valence-electron chi connectivity index (χ2n) is 8.91. The number of aromatic nitrogens is 2. The van der Waals surface area contributed by atoms with Crippen LogP contribution in [0.15, 0.2) is 42.9 Å². The summed E-state index contributed by atoms with van der Waals surface area (Å²) in [4.78, 5) is 56.2. The molecule has 0 bridgehead atoms. The normalized spacial score (nSPS) is 14.0. The Hall–Kier alpha value is -4.13. The summed E-state index contributed by atoms with van der Waals surface area (Å²) in [6.07, 6.45) is 2.86. The van der Waals surface area contributed by atoms with Gasteiger partial charge in [-0.25, -0.2) is 24.2 Å². The van der Waals surface area contributed by atoms with Crippen LogP contribution in [0.5, 0.6) is 0 Å². The molecule has 1 atom stereocenters. The molecule has 39 heavy (non-hydrogen) atoms. The molecular weight excluding hydrogens is 510 g/mol. The fraction of sp³-hybridized carbons (Fsp3) is 0.500. The van der Waals surface area contributed by atoms with E-state index in [1.165, 1.54) is 17.1 Å². The lowest BCUT2D eigenvalue weighted by molar-refractivity contribution is -0.139. The maximum Gasteiger partial charge on any atom is 0.409 e. The number of alkyl carbamates (subject to hydrolysis) is 1. The molecule has 3 amide bonds. The van der Waals surface area contributed by atoms with Gasteiger partial charge < -0.3 is 34.4 Å². The Morgan fingerprint density at radius 1 is 1.00 bits per heavy atom. The molecule has 212 valence electrons. The van der Waals surface area contributed by atoms with Crippen molar-refractivity contribution in [1.82, 2.24) is 24.7 Å². The SMILES string of the molecule is CCCOCCCOC(=O)N1CCN(C(=O)n2cnc(CC(NC(=O)OCc3ccccc3)C(=O)O)c2)CC1. The van der Waals surface area contributed by atoms with Crippen molar-refractivity contribution in [2.75, 3.05) is 46.0 Å². The van der Waals surface area contributed by atoms with Gasteiger partial charge in [0.25, 0.3) is 0 Å². The first-order chi connectivity index (χ1) is 18.9. The molecule has 1 aliphatic rings. The van der Waals surface area contributed by atoms with E-state index < -0.39 is 24.2 Å². The van der Waals surface area contributed by atoms with Crippen molar-refractivity contribution in [2.45, 2.75) is 38.8 Å². The zero-order chi connectivity index (χ0) is 28.0. The van der Waals surface area contributed by atoms with E-state index in [2.05, 4.69) is 10.3 Å². The summed E-state index contributed by atoms with van der Waals surface area (Å²) in [5.41, 5.74) is 1.08. The third-order valence-corrected chi connectivity index (χ3v) is 5.89. The highest BCUT2D eigenvalue weighted by molar-refractivity contribution is 5.80. The number of benzene rings is 1. The van der Waals surface area contributed by atoms with Gasteiger partial charge in [-0.15, -0.1) is 0 Å². The van der Waals surface area contributed by atoms with Gasteiger partial charge in [-0.1, -0.05) is 37.3 Å². The lowest BCUT2D eigenvalue weighted by Crippen LogP contribution is -2.51. The third kappa shape index (κ3) is 9.60. The van der Waals surface area contributed by atoms with Crippen LogP contribution in [0, 0.1) is 0 Å². The zero-order valence-electron chi connectivity index (χ0n) is 22.0. The Bertz CT molecular complexity index is 1090. The predicted octanol–water partition coefficient (Wildman–Crippen LogP) is 2.34. The van der Waals surface area contributed by atoms with Crippen LogP contribution in [0.1, 0.15) is 31.0 Å². The van der Waals surface area contributed by atoms with Gasteiger partial charge in [-0.05, 0) is 12.0 Å². The van der Waals surface area contributed by atoms with Gasteiger partial charge in [0, 0.05) is 58.4 Å². The van der Waals surface area contributed by atoms with Crippen LogP contribution in [0.2, 0.25) is 0 Å². The van der Waals surface area contributed by atoms with Crippen molar-refractivity contribution in [2.24, 2.45) is 0 Å². The Morgan fingerprint density at radius 3 is 2.41 bits per heavy atom. The van der Waals surface area contributed by atoms with E-state index in [9.17, 15) is 24.3 Å². The molecule has 0 spiro atoms. The molecule has 13 nitrogen and oxygen atoms in total. The van der Waals surface area contributed by atoms with Gasteiger partial charge in [0.2, 0.25) is 0 Å². The number of imidazole rings is 1. The number of ether oxygens (including phenoxy) is 3. The molecule has 1 fully saturated rings. The van der Waals surface area contributed by atoms with Crippen LogP contribution in [0.25, 0.3) is 0 Å². The summed E-state index contributed by atoms with van der Waals surface area (Å²) in [6.45, 7) is 4.81. The van der Waals surface area contributed by atoms with Crippen LogP contribution >= 0.6 is 0 Å². The van der Waals surface area contributed by atoms with Crippen molar-refractivity contribution >= 4 is 24.2 Å². The fourth-order valence-corrected chi connectivity index (χ4v) is 3.79. The lowest BCUT2D eigenvalue weighted by Gasteiger charge is -2.33. The minimum absolute atomic E-state index is 0.00112. The third-order valence-electron chi connectivity index (χ3n) is 5.89. The average Bonchev–Trinajstić information content (AvgIpc) is 3.42. The second kappa shape index (κ2) is 15.3. The summed E-state index contributed by atoms with van der Waals surface area (Å²) in [5, 5.41) is 11.8. The van der Waals surface area contributed by atoms with E-state index >= 15 is 0 Å². The Balaban J connectivity index is 1.42. The maximum atomic E-state index is 12.9. The number of rotatable bonds is 12. The minimum atomic E-state index is -1.29. The van der Waals surface area contributed by atoms with Crippen LogP contribution in [-0.4, -0.2) is 101 Å². The molecule has 1 aliphatic heterocycles. The van der Waals surface area contributed by atoms with Crippen molar-refractivity contribution in [3.05, 3.63) is 54.1 Å². The zero-order valence-corrected chi connectivity index (χ0v) is 22.0. The first-order valence-corrected chi connectivity index (χ1v) is 12.9. The first-order valence-electron chi connectivity index (χ1n) is 12.9. The van der Waals surface area contributed by atoms with Crippen LogP contribution in [0.4, 0.5) is 14.4 Å². The molecule has 3 rings (SSSR count). The molecule has 2 heterocycles. The summed E-state index contributed by atoms with van der Waals surface area (Å²) >= 11 is 0. The standard InChI is InChI=1S/C26H35N5O8/c1-2-13-37-14-6-15-38-26(36)30-11-9-29(10-12-30)25(35)31-17-21(27-19-31)16-22(23(32)33)28-24(34)39-18-20-7-4-3-5-8-20/h3-5,7-8,17,19,22H,2,6,9-16,18H2,1H3,(H,28,34)(H,32,33). The van der Waals surface area contributed by atoms with Gasteiger partial charge in [-0.2, -0.15) is 0 Å². The molecular formula is C26H35N5O8. The number of carbonyl (C=O) groups is 4. The number of carboxylic acids is 1. The van der Waals surface area contributed by atoms with Gasteiger partial charge >= 0.3 is 24.2 Å². The van der Waals surface area contributed by atoms with E-state index in [0.29, 0.717) is 51.5 Å². The number of nitrogens with one attached hydrogen (secondary N) is 1. The molecule has 0 saturated carbocycles. The molecule has 2 N–H and O–H groups in total. The molecule has 13 heteroatoms. The summed E-state index contributed by atoms with van der Waals surface area (Å²) in [6, 6.07) is 7.35. The highest BCUT2D eigenvalue weighted by atomic mass is 16.6. The van der Waals surface area contributed by atoms with Crippen molar-refractivity contribution in [3.63, 3.8) is 0 Å². The molecule has 2 aromatic rings. The molecule has 1 unspecified atom stereocenters. The van der Waals surface area contributed by atoms with Crippen LogP contribution < -0.4 is 5.32 Å². The Labute approximate surface area is 226 Å². The van der Waals surface area contributed by atoms with Gasteiger partial charge in [-0.3, -0.25) is 4.57 Å². The number of amides is 3. The molecule has 1 aromatic heterocycles. The second-order valence-corrected chi connectivity index (χ2v) is 8.91. The van der Waals surface area contributed by atoms with E-state index in [1.807, 2.05) is 13.0 Å². The number of carbonyl (C=O) groups excluding carboxylic acids is 3. The van der Waals surface area contributed by atoms with Crippen LogP contribution in [-0.2, 0) is 32.0 Å². The van der Waals surface area contributed by atoms with E-state index in [4.69, 9.17) is 14.2 Å². The smallest absolute Gasteiger partial charge is 0.409 e. The van der Waals surface area contributed by atoms with Crippen molar-refractivity contribution < 1.29 is 38.5 Å². The predicted molar refractivity (Wildman–Crippen MR) is 138 cm³/mol. The number of hydrogen-bond donors (Lipinski definition) is 2. The summed E-state index contributed by atoms with van der Waals surface area (Å²) in [7, 11) is 0. The topological polar surface area (TPSA) is 153 Å². The van der Waals surface area contributed by atoms with Crippen molar-refractivity contribution in [3.8, 4) is 0 Å². The van der Waals surface area contributed by atoms with Gasteiger partial charge in [0.15, 0.2) is 0 Å². The highest BCUT2D eigenvalue weighted by Gasteiger charge is 2.27. The average molecular weight is 546 g/mol. The largest absolute Gasteiger partial charge is 0.480 e. The molecule has 0 aliphatic carbocycles. The Kier molecular flexibility index (Phi) is 11.6. The number of hydrogen-bond acceptors (Lipinski definition) is 8. The molecule has 1 aromatic carbocycles. The monoisotopic (exact) mass is 545 g/mol. The number of piperazine rings is 1. The number of nitrogens with zero attached hydrogens (tertiary/aromatic N) is 4. The summed E-state index contributed by atoms with van der Waals surface area (Å²) < 4.78 is 17.0. The quantitative estimate of drug-likeness (QED) is 0.383.